The Hall–Kier alpha value is -3.62. The number of hydrogen-bond donors (Lipinski definition) is 1. The van der Waals surface area contributed by atoms with Crippen LogP contribution in [0.1, 0.15) is 30.1 Å². The van der Waals surface area contributed by atoms with E-state index in [1.165, 1.54) is 36.4 Å². The van der Waals surface area contributed by atoms with Crippen LogP contribution < -0.4 is 10.1 Å². The fourth-order valence-electron chi connectivity index (χ4n) is 3.20. The van der Waals surface area contributed by atoms with Gasteiger partial charge in [-0.05, 0) is 68.3 Å². The fraction of sp³-hybridized carbons (Fsp3) is 0.348. The van der Waals surface area contributed by atoms with Gasteiger partial charge < -0.3 is 24.4 Å². The summed E-state index contributed by atoms with van der Waals surface area (Å²) >= 11 is 0. The molecule has 1 fully saturated rings. The van der Waals surface area contributed by atoms with Gasteiger partial charge in [0.25, 0.3) is 5.91 Å². The number of halogens is 1. The number of likely N-dealkylation sites (tertiary alicyclic amines) is 1. The van der Waals surface area contributed by atoms with Gasteiger partial charge in [0.05, 0.1) is 12.2 Å². The summed E-state index contributed by atoms with van der Waals surface area (Å²) in [5, 5.41) is 2.82. The zero-order valence-electron chi connectivity index (χ0n) is 17.7. The molecular formula is C23H25FN2O6. The van der Waals surface area contributed by atoms with E-state index in [2.05, 4.69) is 5.32 Å². The van der Waals surface area contributed by atoms with Gasteiger partial charge in [-0.1, -0.05) is 0 Å². The molecule has 32 heavy (non-hydrogen) atoms. The first kappa shape index (κ1) is 23.1. The Kier molecular flexibility index (Phi) is 8.02. The lowest BCUT2D eigenvalue weighted by atomic mass is 10.1. The quantitative estimate of drug-likeness (QED) is 0.657. The van der Waals surface area contributed by atoms with Crippen molar-refractivity contribution in [2.45, 2.75) is 25.8 Å². The number of carbonyl (C=O) groups excluding carboxylic acids is 3. The summed E-state index contributed by atoms with van der Waals surface area (Å²) in [6.07, 6.45) is 0.863. The van der Waals surface area contributed by atoms with Gasteiger partial charge in [-0.15, -0.1) is 0 Å². The lowest BCUT2D eigenvalue weighted by Gasteiger charge is -2.31. The number of nitrogens with zero attached hydrogens (tertiary/aromatic N) is 1. The standard InChI is InChI=1S/C23H25FN2O6/c1-2-30-23(29)26-13-11-18(12-14-26)25-21(27)15-31-22(28)16-3-7-19(8-4-16)32-20-9-5-17(24)6-10-20/h3-10,18H,2,11-15H2,1H3,(H,25,27). The van der Waals surface area contributed by atoms with Crippen LogP contribution in [0, 0.1) is 5.82 Å². The Morgan fingerprint density at radius 2 is 1.56 bits per heavy atom. The highest BCUT2D eigenvalue weighted by atomic mass is 19.1. The second-order valence-corrected chi connectivity index (χ2v) is 7.18. The van der Waals surface area contributed by atoms with Crippen molar-refractivity contribution in [1.29, 1.82) is 0 Å². The Bertz CT molecular complexity index is 925. The average Bonchev–Trinajstić information content (AvgIpc) is 2.80. The first-order valence-electron chi connectivity index (χ1n) is 10.4. The van der Waals surface area contributed by atoms with E-state index in [-0.39, 0.29) is 23.5 Å². The first-order chi connectivity index (χ1) is 15.4. The molecule has 9 heteroatoms. The van der Waals surface area contributed by atoms with Crippen LogP contribution in [-0.4, -0.2) is 55.2 Å². The zero-order chi connectivity index (χ0) is 22.9. The molecule has 2 aromatic carbocycles. The van der Waals surface area contributed by atoms with E-state index in [4.69, 9.17) is 14.2 Å². The van der Waals surface area contributed by atoms with Gasteiger partial charge in [0, 0.05) is 19.1 Å². The number of amides is 2. The molecule has 1 aliphatic rings. The molecule has 0 saturated carbocycles. The number of hydrogen-bond acceptors (Lipinski definition) is 6. The second-order valence-electron chi connectivity index (χ2n) is 7.18. The molecular weight excluding hydrogens is 419 g/mol. The van der Waals surface area contributed by atoms with Crippen molar-refractivity contribution in [3.8, 4) is 11.5 Å². The molecule has 3 rings (SSSR count). The van der Waals surface area contributed by atoms with Crippen molar-refractivity contribution in [3.05, 3.63) is 59.9 Å². The van der Waals surface area contributed by atoms with Crippen LogP contribution in [0.4, 0.5) is 9.18 Å². The van der Waals surface area contributed by atoms with E-state index in [1.54, 1.807) is 24.0 Å². The summed E-state index contributed by atoms with van der Waals surface area (Å²) in [5.74, 6) is -0.456. The summed E-state index contributed by atoms with van der Waals surface area (Å²) in [4.78, 5) is 37.6. The molecule has 0 bridgehead atoms. The molecule has 170 valence electrons. The molecule has 1 saturated heterocycles. The number of esters is 1. The highest BCUT2D eigenvalue weighted by Gasteiger charge is 2.24. The monoisotopic (exact) mass is 444 g/mol. The lowest BCUT2D eigenvalue weighted by Crippen LogP contribution is -2.47. The van der Waals surface area contributed by atoms with E-state index in [0.29, 0.717) is 44.0 Å². The zero-order valence-corrected chi connectivity index (χ0v) is 17.7. The number of benzene rings is 2. The van der Waals surface area contributed by atoms with Gasteiger partial charge in [-0.3, -0.25) is 4.79 Å². The molecule has 1 aliphatic heterocycles. The van der Waals surface area contributed by atoms with Crippen molar-refractivity contribution in [2.24, 2.45) is 0 Å². The third-order valence-corrected chi connectivity index (χ3v) is 4.86. The van der Waals surface area contributed by atoms with E-state index >= 15 is 0 Å². The van der Waals surface area contributed by atoms with Crippen LogP contribution in [0.3, 0.4) is 0 Å². The molecule has 0 aromatic heterocycles. The Morgan fingerprint density at radius 3 is 2.16 bits per heavy atom. The Balaban J connectivity index is 1.40. The molecule has 1 N–H and O–H groups in total. The number of rotatable bonds is 7. The summed E-state index contributed by atoms with van der Waals surface area (Å²) < 4.78 is 28.6. The van der Waals surface area contributed by atoms with Crippen molar-refractivity contribution < 1.29 is 33.0 Å². The number of piperidine rings is 1. The van der Waals surface area contributed by atoms with Crippen LogP contribution >= 0.6 is 0 Å². The molecule has 0 radical (unpaired) electrons. The average molecular weight is 444 g/mol. The minimum atomic E-state index is -0.634. The predicted octanol–water partition coefficient (Wildman–Crippen LogP) is 3.51. The SMILES string of the molecule is CCOC(=O)N1CCC(NC(=O)COC(=O)c2ccc(Oc3ccc(F)cc3)cc2)CC1. The molecule has 8 nitrogen and oxygen atoms in total. The van der Waals surface area contributed by atoms with Gasteiger partial charge in [0.1, 0.15) is 17.3 Å². The van der Waals surface area contributed by atoms with Crippen LogP contribution in [0.2, 0.25) is 0 Å². The van der Waals surface area contributed by atoms with Crippen molar-refractivity contribution in [1.82, 2.24) is 10.2 Å². The Labute approximate surface area is 185 Å². The maximum absolute atomic E-state index is 12.9. The minimum absolute atomic E-state index is 0.0882. The molecule has 1 heterocycles. The maximum atomic E-state index is 12.9. The smallest absolute Gasteiger partial charge is 0.409 e. The maximum Gasteiger partial charge on any atom is 0.409 e. The van der Waals surface area contributed by atoms with Crippen molar-refractivity contribution >= 4 is 18.0 Å². The summed E-state index contributed by atoms with van der Waals surface area (Å²) in [6.45, 7) is 2.67. The highest BCUT2D eigenvalue weighted by Crippen LogP contribution is 2.22. The van der Waals surface area contributed by atoms with Gasteiger partial charge in [-0.2, -0.15) is 0 Å². The number of carbonyl (C=O) groups is 3. The molecule has 2 aromatic rings. The van der Waals surface area contributed by atoms with Gasteiger partial charge in [-0.25, -0.2) is 14.0 Å². The normalized spacial score (nSPS) is 13.9. The number of nitrogens with one attached hydrogen (secondary N) is 1. The largest absolute Gasteiger partial charge is 0.457 e. The predicted molar refractivity (Wildman–Crippen MR) is 113 cm³/mol. The van der Waals surface area contributed by atoms with Crippen LogP contribution in [0.15, 0.2) is 48.5 Å². The first-order valence-corrected chi connectivity index (χ1v) is 10.4. The van der Waals surface area contributed by atoms with E-state index < -0.39 is 18.5 Å². The third kappa shape index (κ3) is 6.69. The van der Waals surface area contributed by atoms with E-state index in [0.717, 1.165) is 0 Å². The third-order valence-electron chi connectivity index (χ3n) is 4.86. The topological polar surface area (TPSA) is 94.2 Å². The van der Waals surface area contributed by atoms with E-state index in [9.17, 15) is 18.8 Å². The molecule has 0 spiro atoms. The highest BCUT2D eigenvalue weighted by molar-refractivity contribution is 5.91. The minimum Gasteiger partial charge on any atom is -0.457 e. The van der Waals surface area contributed by atoms with Gasteiger partial charge >= 0.3 is 12.1 Å². The lowest BCUT2D eigenvalue weighted by molar-refractivity contribution is -0.125. The molecule has 0 atom stereocenters. The van der Waals surface area contributed by atoms with Crippen LogP contribution in [0.5, 0.6) is 11.5 Å². The summed E-state index contributed by atoms with van der Waals surface area (Å²) in [5.41, 5.74) is 0.270. The van der Waals surface area contributed by atoms with Gasteiger partial charge in [0.2, 0.25) is 0 Å². The molecule has 0 aliphatic carbocycles. The molecule has 0 unspecified atom stereocenters. The van der Waals surface area contributed by atoms with Gasteiger partial charge in [0.15, 0.2) is 6.61 Å². The van der Waals surface area contributed by atoms with Crippen LogP contribution in [-0.2, 0) is 14.3 Å². The molecule has 2 amide bonds. The van der Waals surface area contributed by atoms with Crippen molar-refractivity contribution in [2.75, 3.05) is 26.3 Å². The second kappa shape index (κ2) is 11.1. The summed E-state index contributed by atoms with van der Waals surface area (Å²) in [7, 11) is 0. The fourth-order valence-corrected chi connectivity index (χ4v) is 3.20. The van der Waals surface area contributed by atoms with Crippen molar-refractivity contribution in [3.63, 3.8) is 0 Å². The number of ether oxygens (including phenoxy) is 3. The summed E-state index contributed by atoms with van der Waals surface area (Å²) in [6, 6.07) is 11.7. The Morgan fingerprint density at radius 1 is 0.969 bits per heavy atom. The van der Waals surface area contributed by atoms with Crippen LogP contribution in [0.25, 0.3) is 0 Å². The van der Waals surface area contributed by atoms with E-state index in [1.807, 2.05) is 0 Å².